The summed E-state index contributed by atoms with van der Waals surface area (Å²) in [6, 6.07) is 0. The molecule has 2 atom stereocenters. The molecule has 1 aliphatic rings. The first kappa shape index (κ1) is 10.1. The molecule has 0 saturated heterocycles. The van der Waals surface area contributed by atoms with Crippen LogP contribution in [0.15, 0.2) is 0 Å². The van der Waals surface area contributed by atoms with E-state index >= 15 is 0 Å². The molecule has 1 rings (SSSR count). The van der Waals surface area contributed by atoms with Crippen LogP contribution < -0.4 is 0 Å². The van der Waals surface area contributed by atoms with E-state index in [-0.39, 0.29) is 38.8 Å². The summed E-state index contributed by atoms with van der Waals surface area (Å²) in [6.45, 7) is 2.22. The minimum absolute atomic E-state index is 0. The number of rotatable bonds is 0. The molecule has 1 aliphatic carbocycles. The predicted molar refractivity (Wildman–Crippen MR) is 33.3 cm³/mol. The normalized spacial score (nSPS) is 35.3. The zero-order chi connectivity index (χ0) is 5.98. The predicted octanol–water partition coefficient (Wildman–Crippen LogP) is 1.37. The molecule has 0 aromatic rings. The third-order valence-electron chi connectivity index (χ3n) is 1.77. The van der Waals surface area contributed by atoms with Gasteiger partial charge in [-0.2, -0.15) is 6.42 Å². The van der Waals surface area contributed by atoms with Crippen molar-refractivity contribution in [2.45, 2.75) is 32.3 Å². The molecule has 1 saturated carbocycles. The van der Waals surface area contributed by atoms with Crippen molar-refractivity contribution in [1.82, 2.24) is 0 Å². The monoisotopic (exact) mass is 202 g/mol. The van der Waals surface area contributed by atoms with Gasteiger partial charge < -0.3 is 11.5 Å². The van der Waals surface area contributed by atoms with E-state index in [9.17, 15) is 0 Å². The van der Waals surface area contributed by atoms with Crippen LogP contribution in [0.3, 0.4) is 0 Å². The summed E-state index contributed by atoms with van der Waals surface area (Å²) in [5, 5.41) is 8.97. The van der Waals surface area contributed by atoms with E-state index in [0.717, 1.165) is 18.8 Å². The van der Waals surface area contributed by atoms with Crippen molar-refractivity contribution in [3.05, 3.63) is 6.42 Å². The van der Waals surface area contributed by atoms with Crippen LogP contribution in [0.4, 0.5) is 0 Å². The summed E-state index contributed by atoms with van der Waals surface area (Å²) in [5.41, 5.74) is 0. The summed E-state index contributed by atoms with van der Waals surface area (Å²) in [5.74, 6) is 0.804. The van der Waals surface area contributed by atoms with Crippen molar-refractivity contribution in [3.8, 4) is 0 Å². The van der Waals surface area contributed by atoms with E-state index in [1.165, 1.54) is 6.42 Å². The maximum atomic E-state index is 8.97. The molecule has 2 heteroatoms. The molecule has 0 aliphatic heterocycles. The van der Waals surface area contributed by atoms with Crippen molar-refractivity contribution in [1.29, 1.82) is 0 Å². The molecule has 0 heterocycles. The van der Waals surface area contributed by atoms with Crippen LogP contribution in [0, 0.1) is 12.3 Å². The number of aliphatic hydroxyl groups is 1. The quantitative estimate of drug-likeness (QED) is 0.588. The fourth-order valence-electron chi connectivity index (χ4n) is 1.08. The summed E-state index contributed by atoms with van der Waals surface area (Å²) in [6.07, 6.45) is 5.17. The van der Waals surface area contributed by atoms with Gasteiger partial charge in [-0.25, -0.2) is 0 Å². The molecule has 0 aromatic carbocycles. The van der Waals surface area contributed by atoms with E-state index in [4.69, 9.17) is 5.11 Å². The Morgan fingerprint density at radius 2 is 2.11 bits per heavy atom. The topological polar surface area (TPSA) is 20.2 Å². The Kier molecular flexibility index (Phi) is 5.38. The summed E-state index contributed by atoms with van der Waals surface area (Å²) >= 11 is 0. The molecule has 0 aromatic heterocycles. The molecule has 1 radical (unpaired) electrons. The number of hydrogen-bond acceptors (Lipinski definition) is 1. The zero-order valence-electron chi connectivity index (χ0n) is 5.88. The molecule has 51 valence electrons. The molecule has 1 nitrogen and oxygen atoms in total. The maximum Gasteiger partial charge on any atom is 0 e. The standard InChI is InChI=1S/C7H13O.Y/c1-6-2-4-7(8)5-3-6;/h4,6-8H,2-3,5H2,1H3;/q-1;. The fraction of sp³-hybridized carbons (Fsp3) is 0.857. The van der Waals surface area contributed by atoms with Crippen LogP contribution in [0.5, 0.6) is 0 Å². The Hall–Kier alpha value is 1.06. The molecule has 1 fully saturated rings. The van der Waals surface area contributed by atoms with Crippen molar-refractivity contribution >= 4 is 0 Å². The van der Waals surface area contributed by atoms with Crippen molar-refractivity contribution in [3.63, 3.8) is 0 Å². The van der Waals surface area contributed by atoms with Crippen LogP contribution in [-0.2, 0) is 32.7 Å². The molecule has 9 heavy (non-hydrogen) atoms. The van der Waals surface area contributed by atoms with E-state index in [2.05, 4.69) is 6.92 Å². The van der Waals surface area contributed by atoms with E-state index in [1.807, 2.05) is 6.42 Å². The van der Waals surface area contributed by atoms with Crippen molar-refractivity contribution < 1.29 is 37.8 Å². The number of aliphatic hydroxyl groups excluding tert-OH is 1. The average Bonchev–Trinajstić information content (AvgIpc) is 1.77. The van der Waals surface area contributed by atoms with E-state index in [0.29, 0.717) is 0 Å². The maximum absolute atomic E-state index is 8.97. The van der Waals surface area contributed by atoms with Gasteiger partial charge in [-0.1, -0.05) is 31.8 Å². The Balaban J connectivity index is 0.000000640. The Morgan fingerprint density at radius 3 is 2.44 bits per heavy atom. The minimum atomic E-state index is -0.105. The SMILES string of the molecule is CC1C[CH-]C(O)CC1.[Y]. The van der Waals surface area contributed by atoms with Gasteiger partial charge in [0.25, 0.3) is 0 Å². The minimum Gasteiger partial charge on any atom is -0.425 e. The van der Waals surface area contributed by atoms with Gasteiger partial charge in [-0.3, -0.25) is 0 Å². The van der Waals surface area contributed by atoms with Gasteiger partial charge >= 0.3 is 0 Å². The third-order valence-corrected chi connectivity index (χ3v) is 1.77. The molecule has 0 spiro atoms. The largest absolute Gasteiger partial charge is 0.425 e. The molecule has 0 bridgehead atoms. The summed E-state index contributed by atoms with van der Waals surface area (Å²) < 4.78 is 0. The smallest absolute Gasteiger partial charge is 0 e. The van der Waals surface area contributed by atoms with Gasteiger partial charge in [-0.05, 0) is 0 Å². The average molecular weight is 202 g/mol. The van der Waals surface area contributed by atoms with Crippen LogP contribution in [-0.4, -0.2) is 11.2 Å². The van der Waals surface area contributed by atoms with Gasteiger partial charge in [0.15, 0.2) is 0 Å². The van der Waals surface area contributed by atoms with E-state index in [1.54, 1.807) is 0 Å². The summed E-state index contributed by atoms with van der Waals surface area (Å²) in [7, 11) is 0. The second-order valence-corrected chi connectivity index (χ2v) is 2.72. The Labute approximate surface area is 82.1 Å². The second kappa shape index (κ2) is 4.81. The van der Waals surface area contributed by atoms with Gasteiger partial charge in [0.05, 0.1) is 0 Å². The number of hydrogen-bond donors (Lipinski definition) is 1. The summed E-state index contributed by atoms with van der Waals surface area (Å²) in [4.78, 5) is 0. The molecular formula is C7H13OY-. The molecule has 0 amide bonds. The Morgan fingerprint density at radius 1 is 1.44 bits per heavy atom. The Bertz CT molecular complexity index is 57.3. The van der Waals surface area contributed by atoms with Gasteiger partial charge in [0, 0.05) is 32.7 Å². The molecule has 1 N–H and O–H groups in total. The van der Waals surface area contributed by atoms with Gasteiger partial charge in [0.2, 0.25) is 0 Å². The van der Waals surface area contributed by atoms with Crippen LogP contribution in [0.25, 0.3) is 0 Å². The van der Waals surface area contributed by atoms with Crippen molar-refractivity contribution in [2.24, 2.45) is 5.92 Å². The first-order valence-corrected chi connectivity index (χ1v) is 3.30. The van der Waals surface area contributed by atoms with Gasteiger partial charge in [-0.15, -0.1) is 0 Å². The third kappa shape index (κ3) is 3.69. The van der Waals surface area contributed by atoms with Crippen LogP contribution >= 0.6 is 0 Å². The first-order valence-electron chi connectivity index (χ1n) is 3.30. The van der Waals surface area contributed by atoms with E-state index < -0.39 is 0 Å². The fourth-order valence-corrected chi connectivity index (χ4v) is 1.08. The van der Waals surface area contributed by atoms with Crippen molar-refractivity contribution in [2.75, 3.05) is 0 Å². The second-order valence-electron chi connectivity index (χ2n) is 2.72. The van der Waals surface area contributed by atoms with Crippen LogP contribution in [0.2, 0.25) is 0 Å². The molecule has 2 unspecified atom stereocenters. The zero-order valence-corrected chi connectivity index (χ0v) is 8.72. The van der Waals surface area contributed by atoms with Gasteiger partial charge in [0.1, 0.15) is 0 Å². The first-order chi connectivity index (χ1) is 3.79. The van der Waals surface area contributed by atoms with Crippen LogP contribution in [0.1, 0.15) is 26.2 Å². The molecular weight excluding hydrogens is 189 g/mol.